The summed E-state index contributed by atoms with van der Waals surface area (Å²) in [6, 6.07) is 4.70. The minimum absolute atomic E-state index is 0.173. The highest BCUT2D eigenvalue weighted by Crippen LogP contribution is 2.16. The Hall–Kier alpha value is -1.72. The Morgan fingerprint density at radius 3 is 2.67 bits per heavy atom. The molecule has 0 saturated heterocycles. The Balaban J connectivity index is 2.16. The van der Waals surface area contributed by atoms with E-state index < -0.39 is 0 Å². The molecule has 0 aliphatic heterocycles. The summed E-state index contributed by atoms with van der Waals surface area (Å²) in [5, 5.41) is 10.5. The van der Waals surface area contributed by atoms with E-state index in [1.54, 1.807) is 13.0 Å². The summed E-state index contributed by atoms with van der Waals surface area (Å²) in [4.78, 5) is 15.7. The van der Waals surface area contributed by atoms with Gasteiger partial charge >= 0.3 is 0 Å². The Morgan fingerprint density at radius 1 is 1.28 bits per heavy atom. The number of anilines is 1. The monoisotopic (exact) mass is 282 g/mol. The van der Waals surface area contributed by atoms with Crippen LogP contribution >= 0.6 is 23.2 Å². The fourth-order valence-electron chi connectivity index (χ4n) is 1.26. The van der Waals surface area contributed by atoms with Crippen molar-refractivity contribution in [1.82, 2.24) is 15.2 Å². The Bertz CT molecular complexity index is 586. The lowest BCUT2D eigenvalue weighted by Crippen LogP contribution is -2.14. The van der Waals surface area contributed by atoms with E-state index in [0.717, 1.165) is 5.56 Å². The number of carbonyl (C=O) groups excluding carboxylic acids is 1. The van der Waals surface area contributed by atoms with Gasteiger partial charge in [-0.1, -0.05) is 23.2 Å². The molecule has 2 aromatic rings. The molecule has 1 N–H and O–H groups in total. The molecule has 0 unspecified atom stereocenters. The molecule has 0 aromatic carbocycles. The maximum absolute atomic E-state index is 11.8. The second-order valence-corrected chi connectivity index (χ2v) is 4.27. The van der Waals surface area contributed by atoms with Crippen LogP contribution in [0.15, 0.2) is 24.4 Å². The minimum atomic E-state index is -0.386. The van der Waals surface area contributed by atoms with E-state index in [0.29, 0.717) is 10.8 Å². The van der Waals surface area contributed by atoms with Crippen LogP contribution in [0.2, 0.25) is 10.3 Å². The van der Waals surface area contributed by atoms with E-state index in [-0.39, 0.29) is 16.8 Å². The van der Waals surface area contributed by atoms with Gasteiger partial charge in [0.2, 0.25) is 0 Å². The zero-order valence-electron chi connectivity index (χ0n) is 9.32. The lowest BCUT2D eigenvalue weighted by molar-refractivity contribution is 0.102. The summed E-state index contributed by atoms with van der Waals surface area (Å²) in [7, 11) is 0. The lowest BCUT2D eigenvalue weighted by atomic mass is 10.3. The quantitative estimate of drug-likeness (QED) is 0.860. The number of amides is 1. The lowest BCUT2D eigenvalue weighted by Gasteiger charge is -2.05. The molecule has 0 spiro atoms. The zero-order chi connectivity index (χ0) is 13.1. The van der Waals surface area contributed by atoms with Gasteiger partial charge in [0.1, 0.15) is 5.15 Å². The van der Waals surface area contributed by atoms with Crippen LogP contribution in [-0.2, 0) is 0 Å². The van der Waals surface area contributed by atoms with Crippen molar-refractivity contribution in [3.8, 4) is 0 Å². The first-order valence-electron chi connectivity index (χ1n) is 4.99. The first-order valence-corrected chi connectivity index (χ1v) is 5.74. The number of aryl methyl sites for hydroxylation is 1. The average Bonchev–Trinajstić information content (AvgIpc) is 2.34. The molecule has 0 aliphatic carbocycles. The smallest absolute Gasteiger partial charge is 0.276 e. The minimum Gasteiger partial charge on any atom is -0.319 e. The van der Waals surface area contributed by atoms with Gasteiger partial charge in [-0.05, 0) is 30.7 Å². The molecule has 0 bridgehead atoms. The van der Waals surface area contributed by atoms with Crippen molar-refractivity contribution in [2.24, 2.45) is 0 Å². The van der Waals surface area contributed by atoms with Gasteiger partial charge in [-0.3, -0.25) is 4.79 Å². The van der Waals surface area contributed by atoms with Crippen molar-refractivity contribution >= 4 is 34.8 Å². The number of carbonyl (C=O) groups is 1. The second kappa shape index (κ2) is 5.29. The number of rotatable bonds is 2. The molecule has 0 aliphatic rings. The molecule has 5 nitrogen and oxygen atoms in total. The van der Waals surface area contributed by atoms with Gasteiger partial charge in [-0.2, -0.15) is 0 Å². The van der Waals surface area contributed by atoms with E-state index in [9.17, 15) is 4.79 Å². The number of nitrogens with one attached hydrogen (secondary N) is 1. The molecular formula is C11H8Cl2N4O. The van der Waals surface area contributed by atoms with Crippen LogP contribution in [-0.4, -0.2) is 21.1 Å². The maximum Gasteiger partial charge on any atom is 0.276 e. The van der Waals surface area contributed by atoms with Crippen molar-refractivity contribution in [2.75, 3.05) is 5.32 Å². The number of nitrogens with zero attached hydrogens (tertiary/aromatic N) is 3. The number of aromatic nitrogens is 3. The number of pyridine rings is 1. The maximum atomic E-state index is 11.8. The number of hydrogen-bond donors (Lipinski definition) is 1. The predicted octanol–water partition coefficient (Wildman–Crippen LogP) is 2.74. The zero-order valence-corrected chi connectivity index (χ0v) is 10.8. The largest absolute Gasteiger partial charge is 0.319 e. The van der Waals surface area contributed by atoms with Gasteiger partial charge in [-0.25, -0.2) is 4.98 Å². The van der Waals surface area contributed by atoms with Crippen LogP contribution in [0.3, 0.4) is 0 Å². The van der Waals surface area contributed by atoms with E-state index in [4.69, 9.17) is 23.2 Å². The van der Waals surface area contributed by atoms with Gasteiger partial charge in [0.15, 0.2) is 10.8 Å². The third-order valence-corrected chi connectivity index (χ3v) is 2.73. The molecule has 2 aromatic heterocycles. The highest BCUT2D eigenvalue weighted by atomic mass is 35.5. The van der Waals surface area contributed by atoms with Gasteiger partial charge < -0.3 is 5.32 Å². The molecule has 0 atom stereocenters. The van der Waals surface area contributed by atoms with E-state index in [1.807, 2.05) is 0 Å². The van der Waals surface area contributed by atoms with Crippen LogP contribution in [0.25, 0.3) is 0 Å². The van der Waals surface area contributed by atoms with Gasteiger partial charge in [0.05, 0.1) is 11.9 Å². The van der Waals surface area contributed by atoms with Crippen molar-refractivity contribution < 1.29 is 4.79 Å². The molecule has 0 fully saturated rings. The molecule has 7 heteroatoms. The van der Waals surface area contributed by atoms with E-state index >= 15 is 0 Å². The first kappa shape index (κ1) is 12.7. The SMILES string of the molecule is Cc1cc(NC(=O)c2ccc(Cl)nn2)cnc1Cl. The molecule has 0 radical (unpaired) electrons. The third kappa shape index (κ3) is 2.94. The van der Waals surface area contributed by atoms with Crippen molar-refractivity contribution in [3.05, 3.63) is 46.0 Å². The van der Waals surface area contributed by atoms with Crippen molar-refractivity contribution in [1.29, 1.82) is 0 Å². The number of hydrogen-bond acceptors (Lipinski definition) is 4. The Kier molecular flexibility index (Phi) is 3.74. The summed E-state index contributed by atoms with van der Waals surface area (Å²) < 4.78 is 0. The van der Waals surface area contributed by atoms with Gasteiger partial charge in [0, 0.05) is 0 Å². The van der Waals surface area contributed by atoms with Crippen LogP contribution in [0.5, 0.6) is 0 Å². The fraction of sp³-hybridized carbons (Fsp3) is 0.0909. The van der Waals surface area contributed by atoms with Crippen molar-refractivity contribution in [3.63, 3.8) is 0 Å². The van der Waals surface area contributed by atoms with Crippen molar-refractivity contribution in [2.45, 2.75) is 6.92 Å². The summed E-state index contributed by atoms with van der Waals surface area (Å²) >= 11 is 11.4. The van der Waals surface area contributed by atoms with Crippen LogP contribution in [0, 0.1) is 6.92 Å². The first-order chi connectivity index (χ1) is 8.56. The highest BCUT2D eigenvalue weighted by molar-refractivity contribution is 6.30. The Labute approximate surface area is 113 Å². The van der Waals surface area contributed by atoms with Gasteiger partial charge in [-0.15, -0.1) is 10.2 Å². The molecule has 92 valence electrons. The second-order valence-electron chi connectivity index (χ2n) is 3.53. The Morgan fingerprint density at radius 2 is 2.06 bits per heavy atom. The summed E-state index contributed by atoms with van der Waals surface area (Å²) in [5.41, 5.74) is 1.49. The fourth-order valence-corrected chi connectivity index (χ4v) is 1.46. The summed E-state index contributed by atoms with van der Waals surface area (Å²) in [5.74, 6) is -0.386. The molecule has 2 rings (SSSR count). The van der Waals surface area contributed by atoms with Crippen LogP contribution in [0.4, 0.5) is 5.69 Å². The number of halogens is 2. The molecular weight excluding hydrogens is 275 g/mol. The summed E-state index contributed by atoms with van der Waals surface area (Å²) in [6.45, 7) is 1.80. The van der Waals surface area contributed by atoms with Gasteiger partial charge in [0.25, 0.3) is 5.91 Å². The molecule has 18 heavy (non-hydrogen) atoms. The topological polar surface area (TPSA) is 67.8 Å². The molecule has 1 amide bonds. The molecule has 2 heterocycles. The van der Waals surface area contributed by atoms with E-state index in [2.05, 4.69) is 20.5 Å². The standard InChI is InChI=1S/C11H8Cl2N4O/c1-6-4-7(5-14-10(6)13)15-11(18)8-2-3-9(12)17-16-8/h2-5H,1H3,(H,15,18). The summed E-state index contributed by atoms with van der Waals surface area (Å²) in [6.07, 6.45) is 1.47. The van der Waals surface area contributed by atoms with Crippen LogP contribution in [0.1, 0.15) is 16.1 Å². The van der Waals surface area contributed by atoms with E-state index in [1.165, 1.54) is 18.3 Å². The average molecular weight is 283 g/mol. The highest BCUT2D eigenvalue weighted by Gasteiger charge is 2.09. The molecule has 0 saturated carbocycles. The van der Waals surface area contributed by atoms with Crippen LogP contribution < -0.4 is 5.32 Å². The normalized spacial score (nSPS) is 10.2. The predicted molar refractivity (Wildman–Crippen MR) is 69.0 cm³/mol. The third-order valence-electron chi connectivity index (χ3n) is 2.14.